The molecule has 2 heterocycles. The number of aromatic nitrogens is 2. The summed E-state index contributed by atoms with van der Waals surface area (Å²) in [6, 6.07) is 9.77. The van der Waals surface area contributed by atoms with Crippen molar-refractivity contribution < 1.29 is 14.3 Å². The summed E-state index contributed by atoms with van der Waals surface area (Å²) in [5.41, 5.74) is 3.54. The van der Waals surface area contributed by atoms with Gasteiger partial charge in [0.25, 0.3) is 0 Å². The smallest absolute Gasteiger partial charge is 0.340 e. The Morgan fingerprint density at radius 2 is 2.04 bits per heavy atom. The predicted molar refractivity (Wildman–Crippen MR) is 97.1 cm³/mol. The Morgan fingerprint density at radius 1 is 1.20 bits per heavy atom. The van der Waals surface area contributed by atoms with E-state index in [9.17, 15) is 4.79 Å². The number of esters is 1. The quantitative estimate of drug-likeness (QED) is 0.638. The number of ether oxygens (including phenoxy) is 2. The van der Waals surface area contributed by atoms with Gasteiger partial charge in [-0.05, 0) is 50.6 Å². The van der Waals surface area contributed by atoms with Crippen LogP contribution in [0.4, 0.5) is 0 Å². The second-order valence-electron chi connectivity index (χ2n) is 5.74. The zero-order chi connectivity index (χ0) is 17.8. The fourth-order valence-corrected chi connectivity index (χ4v) is 3.06. The zero-order valence-electron chi connectivity index (χ0n) is 14.8. The van der Waals surface area contributed by atoms with E-state index in [2.05, 4.69) is 9.55 Å². The van der Waals surface area contributed by atoms with E-state index in [0.29, 0.717) is 25.3 Å². The Kier molecular flexibility index (Phi) is 5.03. The first kappa shape index (κ1) is 17.0. The van der Waals surface area contributed by atoms with Gasteiger partial charge in [-0.25, -0.2) is 4.79 Å². The molecule has 3 aromatic rings. The van der Waals surface area contributed by atoms with Gasteiger partial charge in [-0.3, -0.25) is 4.98 Å². The van der Waals surface area contributed by atoms with Crippen LogP contribution in [0.5, 0.6) is 5.75 Å². The summed E-state index contributed by atoms with van der Waals surface area (Å²) >= 11 is 0. The summed E-state index contributed by atoms with van der Waals surface area (Å²) in [5, 5.41) is 0.853. The molecule has 0 fully saturated rings. The van der Waals surface area contributed by atoms with Gasteiger partial charge in [0, 0.05) is 35.5 Å². The van der Waals surface area contributed by atoms with Crippen molar-refractivity contribution in [3.8, 4) is 5.75 Å². The molecule has 0 aliphatic carbocycles. The first-order valence-corrected chi connectivity index (χ1v) is 8.47. The number of fused-ring (bicyclic) bond motifs is 1. The van der Waals surface area contributed by atoms with E-state index in [0.717, 1.165) is 27.9 Å². The second-order valence-corrected chi connectivity index (χ2v) is 5.74. The minimum atomic E-state index is -0.302. The minimum absolute atomic E-state index is 0.302. The summed E-state index contributed by atoms with van der Waals surface area (Å²) in [5.74, 6) is 0.447. The molecule has 0 unspecified atom stereocenters. The lowest BCUT2D eigenvalue weighted by atomic mass is 10.1. The number of carbonyl (C=O) groups is 1. The molecule has 0 bridgehead atoms. The van der Waals surface area contributed by atoms with Gasteiger partial charge < -0.3 is 14.0 Å². The third-order valence-electron chi connectivity index (χ3n) is 4.15. The van der Waals surface area contributed by atoms with Crippen LogP contribution in [0.25, 0.3) is 10.9 Å². The Labute approximate surface area is 147 Å². The van der Waals surface area contributed by atoms with Crippen molar-refractivity contribution in [2.45, 2.75) is 27.3 Å². The number of carbonyl (C=O) groups excluding carboxylic acids is 1. The fraction of sp³-hybridized carbons (Fsp3) is 0.300. The van der Waals surface area contributed by atoms with E-state index in [-0.39, 0.29) is 5.97 Å². The Balaban J connectivity index is 2.16. The first-order valence-electron chi connectivity index (χ1n) is 8.47. The van der Waals surface area contributed by atoms with Crippen LogP contribution in [0, 0.1) is 6.92 Å². The maximum atomic E-state index is 12.5. The molecule has 1 aromatic carbocycles. The highest BCUT2D eigenvalue weighted by atomic mass is 16.5. The minimum Gasteiger partial charge on any atom is -0.494 e. The number of hydrogen-bond donors (Lipinski definition) is 0. The van der Waals surface area contributed by atoms with E-state index in [1.807, 2.05) is 57.3 Å². The topological polar surface area (TPSA) is 53.4 Å². The fourth-order valence-electron chi connectivity index (χ4n) is 3.06. The average Bonchev–Trinajstić information content (AvgIpc) is 2.88. The van der Waals surface area contributed by atoms with Crippen molar-refractivity contribution in [1.82, 2.24) is 9.55 Å². The van der Waals surface area contributed by atoms with Crippen LogP contribution in [-0.4, -0.2) is 28.7 Å². The molecule has 0 radical (unpaired) electrons. The lowest BCUT2D eigenvalue weighted by Gasteiger charge is -2.09. The average molecular weight is 338 g/mol. The molecule has 5 nitrogen and oxygen atoms in total. The summed E-state index contributed by atoms with van der Waals surface area (Å²) in [6.45, 7) is 7.27. The lowest BCUT2D eigenvalue weighted by Crippen LogP contribution is -2.08. The number of hydrogen-bond acceptors (Lipinski definition) is 4. The van der Waals surface area contributed by atoms with Gasteiger partial charge in [-0.15, -0.1) is 0 Å². The lowest BCUT2D eigenvalue weighted by molar-refractivity contribution is 0.0527. The van der Waals surface area contributed by atoms with Gasteiger partial charge in [0.05, 0.1) is 18.8 Å². The maximum absolute atomic E-state index is 12.5. The van der Waals surface area contributed by atoms with Crippen LogP contribution in [0.2, 0.25) is 0 Å². The molecule has 0 aliphatic rings. The highest BCUT2D eigenvalue weighted by Gasteiger charge is 2.21. The zero-order valence-corrected chi connectivity index (χ0v) is 14.8. The van der Waals surface area contributed by atoms with E-state index >= 15 is 0 Å². The predicted octanol–water partition coefficient (Wildman–Crippen LogP) is 3.97. The third kappa shape index (κ3) is 3.36. The van der Waals surface area contributed by atoms with E-state index < -0.39 is 0 Å². The molecular weight excluding hydrogens is 316 g/mol. The number of benzene rings is 1. The second kappa shape index (κ2) is 7.38. The van der Waals surface area contributed by atoms with Gasteiger partial charge in [-0.1, -0.05) is 6.07 Å². The standard InChI is InChI=1S/C20H22N2O3/c1-4-24-16-8-9-18-17(11-16)19(20(23)25-5-2)14(3)22(18)13-15-7-6-10-21-12-15/h6-12H,4-5,13H2,1-3H3. The summed E-state index contributed by atoms with van der Waals surface area (Å²) in [6.07, 6.45) is 3.59. The number of rotatable bonds is 6. The Bertz CT molecular complexity index is 885. The molecule has 25 heavy (non-hydrogen) atoms. The molecule has 0 saturated heterocycles. The van der Waals surface area contributed by atoms with Crippen molar-refractivity contribution in [1.29, 1.82) is 0 Å². The van der Waals surface area contributed by atoms with Crippen LogP contribution >= 0.6 is 0 Å². The third-order valence-corrected chi connectivity index (χ3v) is 4.15. The molecule has 0 aliphatic heterocycles. The molecule has 130 valence electrons. The monoisotopic (exact) mass is 338 g/mol. The summed E-state index contributed by atoms with van der Waals surface area (Å²) in [4.78, 5) is 16.7. The summed E-state index contributed by atoms with van der Waals surface area (Å²) in [7, 11) is 0. The van der Waals surface area contributed by atoms with Crippen LogP contribution in [0.1, 0.15) is 35.5 Å². The molecule has 0 atom stereocenters. The molecular formula is C20H22N2O3. The van der Waals surface area contributed by atoms with E-state index in [1.54, 1.807) is 6.20 Å². The van der Waals surface area contributed by atoms with Crippen LogP contribution < -0.4 is 4.74 Å². The number of nitrogens with zero attached hydrogens (tertiary/aromatic N) is 2. The molecule has 0 N–H and O–H groups in total. The van der Waals surface area contributed by atoms with Gasteiger partial charge in [0.1, 0.15) is 5.75 Å². The Morgan fingerprint density at radius 3 is 2.72 bits per heavy atom. The Hall–Kier alpha value is -2.82. The largest absolute Gasteiger partial charge is 0.494 e. The van der Waals surface area contributed by atoms with Crippen molar-refractivity contribution in [3.05, 3.63) is 59.5 Å². The van der Waals surface area contributed by atoms with Gasteiger partial charge in [0.2, 0.25) is 0 Å². The molecule has 0 spiro atoms. The molecule has 3 rings (SSSR count). The van der Waals surface area contributed by atoms with Crippen LogP contribution in [0.3, 0.4) is 0 Å². The molecule has 2 aromatic heterocycles. The van der Waals surface area contributed by atoms with E-state index in [1.165, 1.54) is 0 Å². The van der Waals surface area contributed by atoms with E-state index in [4.69, 9.17) is 9.47 Å². The van der Waals surface area contributed by atoms with Crippen molar-refractivity contribution in [2.75, 3.05) is 13.2 Å². The van der Waals surface area contributed by atoms with Crippen LogP contribution in [0.15, 0.2) is 42.7 Å². The first-order chi connectivity index (χ1) is 12.2. The SMILES string of the molecule is CCOC(=O)c1c(C)n(Cc2cccnc2)c2ccc(OCC)cc12. The normalized spacial score (nSPS) is 10.8. The van der Waals surface area contributed by atoms with Gasteiger partial charge in [-0.2, -0.15) is 0 Å². The number of pyridine rings is 1. The molecule has 0 saturated carbocycles. The van der Waals surface area contributed by atoms with Crippen molar-refractivity contribution in [2.24, 2.45) is 0 Å². The highest BCUT2D eigenvalue weighted by Crippen LogP contribution is 2.30. The summed E-state index contributed by atoms with van der Waals surface area (Å²) < 4.78 is 13.0. The highest BCUT2D eigenvalue weighted by molar-refractivity contribution is 6.06. The molecule has 0 amide bonds. The van der Waals surface area contributed by atoms with Gasteiger partial charge >= 0.3 is 5.97 Å². The maximum Gasteiger partial charge on any atom is 0.340 e. The molecule has 5 heteroatoms. The van der Waals surface area contributed by atoms with Crippen molar-refractivity contribution in [3.63, 3.8) is 0 Å². The van der Waals surface area contributed by atoms with Crippen molar-refractivity contribution >= 4 is 16.9 Å². The van der Waals surface area contributed by atoms with Gasteiger partial charge in [0.15, 0.2) is 0 Å². The van der Waals surface area contributed by atoms with Crippen LogP contribution in [-0.2, 0) is 11.3 Å².